The van der Waals surface area contributed by atoms with Gasteiger partial charge in [-0.2, -0.15) is 10.2 Å². The van der Waals surface area contributed by atoms with Gasteiger partial charge in [0.15, 0.2) is 0 Å². The van der Waals surface area contributed by atoms with Gasteiger partial charge in [-0.1, -0.05) is 36.4 Å². The number of fused-ring (bicyclic) bond motifs is 2. The van der Waals surface area contributed by atoms with E-state index in [4.69, 9.17) is 19.4 Å². The summed E-state index contributed by atoms with van der Waals surface area (Å²) in [6.07, 6.45) is 10.2. The Labute approximate surface area is 321 Å². The highest BCUT2D eigenvalue weighted by Crippen LogP contribution is 2.29. The third-order valence-electron chi connectivity index (χ3n) is 9.19. The van der Waals surface area contributed by atoms with Gasteiger partial charge in [0.1, 0.15) is 11.5 Å². The van der Waals surface area contributed by atoms with E-state index in [1.807, 2.05) is 71.7 Å². The van der Waals surface area contributed by atoms with E-state index in [0.29, 0.717) is 0 Å². The molecule has 0 bridgehead atoms. The van der Waals surface area contributed by atoms with Gasteiger partial charge in [-0.25, -0.2) is 9.97 Å². The van der Waals surface area contributed by atoms with E-state index in [2.05, 4.69) is 91.1 Å². The monoisotopic (exact) mass is 750 g/mol. The van der Waals surface area contributed by atoms with E-state index in [0.717, 1.165) is 81.3 Å². The van der Waals surface area contributed by atoms with Crippen LogP contribution in [0, 0.1) is 0 Å². The Morgan fingerprint density at radius 2 is 1.02 bits per heavy atom. The van der Waals surface area contributed by atoms with Crippen LogP contribution >= 0.6 is 22.7 Å². The average molecular weight is 751 g/mol. The topological polar surface area (TPSA) is 103 Å². The third kappa shape index (κ3) is 7.75. The number of aromatic nitrogens is 4. The molecule has 0 saturated carbocycles. The summed E-state index contributed by atoms with van der Waals surface area (Å²) in [6, 6.07) is 32.8. The molecule has 4 aromatic heterocycles. The van der Waals surface area contributed by atoms with Gasteiger partial charge in [0.25, 0.3) is 0 Å². The highest BCUT2D eigenvalue weighted by Gasteiger charge is 2.10. The predicted molar refractivity (Wildman–Crippen MR) is 224 cm³/mol. The number of nitrogens with one attached hydrogen (secondary N) is 2. The standard InChI is InChI=1S/C42H38N8O2S2/c1-51-33-17-13-29(14-18-33)37-27-53-41(45-37)47-43-23-31-25-49(39-11-5-3-9-35(31)39)21-7-8-22-50-26-32(36-10-4-6-12-40(36)50)24-44-48-42-46-38(28-54-42)30-15-19-34(52-2)20-16-30/h3-6,9-20,23-28H,7-8,21-22H2,1-2H3,(H,45,47)(H,46,48)/b43-23+,44-24+. The molecule has 12 heteroatoms. The van der Waals surface area contributed by atoms with Crippen LogP contribution < -0.4 is 20.3 Å². The lowest BCUT2D eigenvalue weighted by molar-refractivity contribution is 0.415. The van der Waals surface area contributed by atoms with Crippen molar-refractivity contribution in [2.75, 3.05) is 25.1 Å². The van der Waals surface area contributed by atoms with E-state index in [9.17, 15) is 0 Å². The average Bonchev–Trinajstić information content (AvgIpc) is 4.04. The van der Waals surface area contributed by atoms with Crippen molar-refractivity contribution in [3.05, 3.63) is 131 Å². The Morgan fingerprint density at radius 1 is 0.593 bits per heavy atom. The summed E-state index contributed by atoms with van der Waals surface area (Å²) in [5.41, 5.74) is 14.6. The van der Waals surface area contributed by atoms with Gasteiger partial charge in [0.2, 0.25) is 10.3 Å². The van der Waals surface area contributed by atoms with Crippen LogP contribution in [0.4, 0.5) is 10.3 Å². The van der Waals surface area contributed by atoms with Crippen molar-refractivity contribution in [1.29, 1.82) is 0 Å². The number of anilines is 2. The molecule has 0 saturated heterocycles. The highest BCUT2D eigenvalue weighted by atomic mass is 32.1. The quantitative estimate of drug-likeness (QED) is 0.0614. The van der Waals surface area contributed by atoms with Gasteiger partial charge in [-0.15, -0.1) is 22.7 Å². The first-order valence-corrected chi connectivity index (χ1v) is 19.3. The summed E-state index contributed by atoms with van der Waals surface area (Å²) in [4.78, 5) is 9.40. The number of thiazole rings is 2. The first-order valence-electron chi connectivity index (χ1n) is 17.6. The van der Waals surface area contributed by atoms with Crippen LogP contribution in [0.1, 0.15) is 24.0 Å². The second kappa shape index (κ2) is 16.2. The summed E-state index contributed by atoms with van der Waals surface area (Å²) < 4.78 is 15.2. The normalized spacial score (nSPS) is 11.7. The number of hydrazone groups is 2. The number of hydrogen-bond acceptors (Lipinski definition) is 10. The first-order chi connectivity index (χ1) is 26.6. The molecule has 8 rings (SSSR count). The summed E-state index contributed by atoms with van der Waals surface area (Å²) in [6.45, 7) is 1.81. The van der Waals surface area contributed by atoms with Crippen molar-refractivity contribution >= 4 is 67.2 Å². The molecule has 8 aromatic rings. The summed E-state index contributed by atoms with van der Waals surface area (Å²) in [5, 5.41) is 17.0. The molecule has 0 radical (unpaired) electrons. The molecule has 0 aliphatic carbocycles. The fraction of sp³-hybridized carbons (Fsp3) is 0.143. The zero-order valence-electron chi connectivity index (χ0n) is 29.8. The van der Waals surface area contributed by atoms with Crippen LogP contribution in [-0.4, -0.2) is 45.8 Å². The van der Waals surface area contributed by atoms with E-state index in [1.54, 1.807) is 14.2 Å². The van der Waals surface area contributed by atoms with Crippen molar-refractivity contribution in [2.24, 2.45) is 10.2 Å². The molecule has 0 fully saturated rings. The molecule has 4 heterocycles. The molecule has 4 aromatic carbocycles. The van der Waals surface area contributed by atoms with Crippen LogP contribution in [0.5, 0.6) is 11.5 Å². The molecule has 2 N–H and O–H groups in total. The maximum Gasteiger partial charge on any atom is 0.203 e. The van der Waals surface area contributed by atoms with Crippen molar-refractivity contribution in [1.82, 2.24) is 19.1 Å². The number of unbranched alkanes of at least 4 members (excludes halogenated alkanes) is 1. The summed E-state index contributed by atoms with van der Waals surface area (Å²) >= 11 is 3.05. The minimum atomic E-state index is 0.739. The summed E-state index contributed by atoms with van der Waals surface area (Å²) in [5.74, 6) is 1.65. The van der Waals surface area contributed by atoms with Crippen LogP contribution in [0.3, 0.4) is 0 Å². The van der Waals surface area contributed by atoms with Gasteiger partial charge in [-0.3, -0.25) is 10.9 Å². The number of aryl methyl sites for hydroxylation is 2. The molecular weight excluding hydrogens is 713 g/mol. The molecule has 0 spiro atoms. The minimum Gasteiger partial charge on any atom is -0.497 e. The zero-order valence-corrected chi connectivity index (χ0v) is 31.5. The van der Waals surface area contributed by atoms with Crippen LogP contribution in [0.25, 0.3) is 44.3 Å². The fourth-order valence-corrected chi connectivity index (χ4v) is 7.78. The van der Waals surface area contributed by atoms with Crippen LogP contribution in [-0.2, 0) is 13.1 Å². The Morgan fingerprint density at radius 3 is 1.44 bits per heavy atom. The number of hydrogen-bond donors (Lipinski definition) is 2. The SMILES string of the molecule is COc1ccc(-c2csc(N/N=C/c3cn(CCCCn4cc(/C=N/Nc5nc(-c6ccc(OC)cc6)cs5)c5ccccc54)c4ccccc34)n2)cc1. The highest BCUT2D eigenvalue weighted by molar-refractivity contribution is 7.14. The van der Waals surface area contributed by atoms with Gasteiger partial charge in [0, 0.05) is 80.3 Å². The smallest absolute Gasteiger partial charge is 0.203 e. The number of benzene rings is 4. The van der Waals surface area contributed by atoms with Crippen molar-refractivity contribution < 1.29 is 9.47 Å². The van der Waals surface area contributed by atoms with Crippen molar-refractivity contribution in [3.8, 4) is 34.0 Å². The zero-order chi connectivity index (χ0) is 36.7. The minimum absolute atomic E-state index is 0.739. The molecule has 10 nitrogen and oxygen atoms in total. The van der Waals surface area contributed by atoms with Crippen LogP contribution in [0.15, 0.2) is 130 Å². The maximum atomic E-state index is 5.27. The van der Waals surface area contributed by atoms with Crippen LogP contribution in [0.2, 0.25) is 0 Å². The summed E-state index contributed by atoms with van der Waals surface area (Å²) in [7, 11) is 3.33. The van der Waals surface area contributed by atoms with Gasteiger partial charge >= 0.3 is 0 Å². The Bertz CT molecular complexity index is 2370. The maximum absolute atomic E-state index is 5.27. The molecule has 0 amide bonds. The molecule has 270 valence electrons. The second-order valence-corrected chi connectivity index (χ2v) is 14.3. The van der Waals surface area contributed by atoms with Gasteiger partial charge in [-0.05, 0) is 73.5 Å². The number of nitrogens with zero attached hydrogens (tertiary/aromatic N) is 6. The Kier molecular flexibility index (Phi) is 10.4. The van der Waals surface area contributed by atoms with Gasteiger partial charge in [0.05, 0.1) is 38.0 Å². The largest absolute Gasteiger partial charge is 0.497 e. The number of rotatable bonds is 15. The van der Waals surface area contributed by atoms with E-state index < -0.39 is 0 Å². The number of para-hydroxylation sites is 2. The number of ether oxygens (including phenoxy) is 2. The predicted octanol–water partition coefficient (Wildman–Crippen LogP) is 10.2. The Balaban J connectivity index is 0.881. The molecule has 0 unspecified atom stereocenters. The van der Waals surface area contributed by atoms with Crippen molar-refractivity contribution in [2.45, 2.75) is 25.9 Å². The van der Waals surface area contributed by atoms with E-state index in [-0.39, 0.29) is 0 Å². The molecular formula is C42H38N8O2S2. The third-order valence-corrected chi connectivity index (χ3v) is 10.7. The number of methoxy groups -OCH3 is 2. The second-order valence-electron chi connectivity index (χ2n) is 12.6. The lowest BCUT2D eigenvalue weighted by Crippen LogP contribution is -2.00. The van der Waals surface area contributed by atoms with Crippen molar-refractivity contribution in [3.63, 3.8) is 0 Å². The Hall–Kier alpha value is -6.24. The first kappa shape index (κ1) is 34.8. The molecule has 0 aliphatic rings. The lowest BCUT2D eigenvalue weighted by Gasteiger charge is -2.07. The fourth-order valence-electron chi connectivity index (χ4n) is 6.44. The van der Waals surface area contributed by atoms with Gasteiger partial charge < -0.3 is 18.6 Å². The van der Waals surface area contributed by atoms with E-state index in [1.165, 1.54) is 44.5 Å². The molecule has 0 aliphatic heterocycles. The molecule has 54 heavy (non-hydrogen) atoms. The van der Waals surface area contributed by atoms with E-state index >= 15 is 0 Å². The lowest BCUT2D eigenvalue weighted by atomic mass is 10.2. The molecule has 0 atom stereocenters.